The molecule has 0 saturated carbocycles. The number of nitrogen functional groups attached to an aromatic ring is 1. The molecule has 0 fully saturated rings. The van der Waals surface area contributed by atoms with E-state index in [0.29, 0.717) is 0 Å². The maximum atomic E-state index is 12.4. The van der Waals surface area contributed by atoms with Crippen LogP contribution in [0.2, 0.25) is 0 Å². The van der Waals surface area contributed by atoms with E-state index in [2.05, 4.69) is 9.97 Å². The Hall–Kier alpha value is -1.61. The smallest absolute Gasteiger partial charge is 0.451 e. The van der Waals surface area contributed by atoms with Crippen LogP contribution in [0, 0.1) is 0 Å². The molecule has 0 aromatic carbocycles. The molecule has 0 radical (unpaired) electrons. The fourth-order valence-electron chi connectivity index (χ4n) is 0.941. The van der Waals surface area contributed by atoms with E-state index in [-0.39, 0.29) is 31.3 Å². The summed E-state index contributed by atoms with van der Waals surface area (Å²) in [6, 6.07) is 1.13. The summed E-state index contributed by atoms with van der Waals surface area (Å²) in [4.78, 5) is 6.34. The zero-order valence-electron chi connectivity index (χ0n) is 8.66. The second-order valence-electron chi connectivity index (χ2n) is 2.98. The third-order valence-corrected chi connectivity index (χ3v) is 1.66. The molecule has 0 atom stereocenters. The molecule has 0 aliphatic carbocycles. The van der Waals surface area contributed by atoms with Gasteiger partial charge in [-0.25, -0.2) is 10.8 Å². The standard InChI is InChI=1S/C8H11F3N4O2/c9-8(10,11)7-13-5(15-12)4-6(14-7)17-3-1-2-16/h4,16H,1-3,12H2,(H,13,14,15). The van der Waals surface area contributed by atoms with Gasteiger partial charge in [0.25, 0.3) is 0 Å². The van der Waals surface area contributed by atoms with Gasteiger partial charge in [-0.1, -0.05) is 0 Å². The summed E-state index contributed by atoms with van der Waals surface area (Å²) in [5.41, 5.74) is 1.99. The molecular weight excluding hydrogens is 241 g/mol. The normalized spacial score (nSPS) is 11.4. The lowest BCUT2D eigenvalue weighted by atomic mass is 10.4. The van der Waals surface area contributed by atoms with Crippen molar-refractivity contribution in [3.63, 3.8) is 0 Å². The van der Waals surface area contributed by atoms with Gasteiger partial charge >= 0.3 is 6.18 Å². The maximum Gasteiger partial charge on any atom is 0.451 e. The highest BCUT2D eigenvalue weighted by Gasteiger charge is 2.35. The molecular formula is C8H11F3N4O2. The number of aliphatic hydroxyl groups is 1. The predicted molar refractivity (Wildman–Crippen MR) is 52.0 cm³/mol. The fourth-order valence-corrected chi connectivity index (χ4v) is 0.941. The summed E-state index contributed by atoms with van der Waals surface area (Å²) >= 11 is 0. The van der Waals surface area contributed by atoms with Crippen LogP contribution < -0.4 is 16.0 Å². The van der Waals surface area contributed by atoms with Crippen LogP contribution in [0.15, 0.2) is 6.07 Å². The van der Waals surface area contributed by atoms with Crippen molar-refractivity contribution >= 4 is 5.82 Å². The van der Waals surface area contributed by atoms with Gasteiger partial charge in [0.2, 0.25) is 11.7 Å². The van der Waals surface area contributed by atoms with Crippen LogP contribution in [0.5, 0.6) is 5.88 Å². The molecule has 1 rings (SSSR count). The number of nitrogens with one attached hydrogen (secondary N) is 1. The maximum absolute atomic E-state index is 12.4. The van der Waals surface area contributed by atoms with Crippen molar-refractivity contribution < 1.29 is 23.0 Å². The first-order valence-electron chi connectivity index (χ1n) is 4.64. The zero-order chi connectivity index (χ0) is 12.9. The quantitative estimate of drug-likeness (QED) is 0.402. The molecule has 0 bridgehead atoms. The van der Waals surface area contributed by atoms with Crippen LogP contribution in [0.4, 0.5) is 19.0 Å². The number of hydrazine groups is 1. The number of aromatic nitrogens is 2. The number of hydrogen-bond acceptors (Lipinski definition) is 6. The largest absolute Gasteiger partial charge is 0.477 e. The second kappa shape index (κ2) is 5.64. The zero-order valence-corrected chi connectivity index (χ0v) is 8.66. The number of nitrogens with zero attached hydrogens (tertiary/aromatic N) is 2. The van der Waals surface area contributed by atoms with E-state index in [4.69, 9.17) is 15.7 Å². The van der Waals surface area contributed by atoms with E-state index < -0.39 is 12.0 Å². The van der Waals surface area contributed by atoms with Gasteiger partial charge in [-0.15, -0.1) is 0 Å². The minimum Gasteiger partial charge on any atom is -0.477 e. The third-order valence-electron chi connectivity index (χ3n) is 1.66. The number of nitrogens with two attached hydrogens (primary N) is 1. The minimum absolute atomic E-state index is 0.0504. The van der Waals surface area contributed by atoms with Gasteiger partial charge < -0.3 is 15.3 Å². The number of anilines is 1. The summed E-state index contributed by atoms with van der Waals surface area (Å²) in [7, 11) is 0. The third kappa shape index (κ3) is 4.04. The molecule has 9 heteroatoms. The highest BCUT2D eigenvalue weighted by molar-refractivity contribution is 5.37. The monoisotopic (exact) mass is 252 g/mol. The first-order chi connectivity index (χ1) is 7.97. The Balaban J connectivity index is 2.89. The van der Waals surface area contributed by atoms with Crippen molar-refractivity contribution in [2.24, 2.45) is 5.84 Å². The van der Waals surface area contributed by atoms with E-state index in [1.165, 1.54) is 0 Å². The molecule has 1 heterocycles. The summed E-state index contributed by atoms with van der Waals surface area (Å²) in [5.74, 6) is 3.18. The van der Waals surface area contributed by atoms with Crippen LogP contribution in [-0.2, 0) is 6.18 Å². The lowest BCUT2D eigenvalue weighted by molar-refractivity contribution is -0.145. The summed E-state index contributed by atoms with van der Waals surface area (Å²) < 4.78 is 42.1. The lowest BCUT2D eigenvalue weighted by Crippen LogP contribution is -2.16. The molecule has 0 spiro atoms. The number of aliphatic hydroxyl groups excluding tert-OH is 1. The van der Waals surface area contributed by atoms with Gasteiger partial charge in [-0.2, -0.15) is 18.2 Å². The number of ether oxygens (including phenoxy) is 1. The summed E-state index contributed by atoms with van der Waals surface area (Å²) in [6.07, 6.45) is -4.39. The Labute approximate surface area is 94.6 Å². The first-order valence-corrected chi connectivity index (χ1v) is 4.64. The Kier molecular flexibility index (Phi) is 4.46. The summed E-state index contributed by atoms with van der Waals surface area (Å²) in [5, 5.41) is 8.50. The topological polar surface area (TPSA) is 93.3 Å². The van der Waals surface area contributed by atoms with Crippen molar-refractivity contribution in [3.8, 4) is 5.88 Å². The van der Waals surface area contributed by atoms with Gasteiger partial charge in [0.1, 0.15) is 5.82 Å². The SMILES string of the molecule is NNc1cc(OCCCO)nc(C(F)(F)F)n1. The Morgan fingerprint density at radius 2 is 2.12 bits per heavy atom. The molecule has 4 N–H and O–H groups in total. The first kappa shape index (κ1) is 13.5. The Morgan fingerprint density at radius 1 is 1.41 bits per heavy atom. The molecule has 17 heavy (non-hydrogen) atoms. The number of rotatable bonds is 5. The average molecular weight is 252 g/mol. The molecule has 0 unspecified atom stereocenters. The van der Waals surface area contributed by atoms with Crippen LogP contribution in [0.3, 0.4) is 0 Å². The molecule has 1 aromatic rings. The molecule has 0 amide bonds. The second-order valence-corrected chi connectivity index (χ2v) is 2.98. The van der Waals surface area contributed by atoms with Crippen molar-refractivity contribution in [2.75, 3.05) is 18.6 Å². The van der Waals surface area contributed by atoms with E-state index in [1.54, 1.807) is 0 Å². The molecule has 0 saturated heterocycles. The average Bonchev–Trinajstić information content (AvgIpc) is 2.28. The van der Waals surface area contributed by atoms with E-state index in [9.17, 15) is 13.2 Å². The van der Waals surface area contributed by atoms with E-state index in [0.717, 1.165) is 6.07 Å². The number of alkyl halides is 3. The number of halogens is 3. The highest BCUT2D eigenvalue weighted by Crippen LogP contribution is 2.28. The molecule has 1 aromatic heterocycles. The Bertz CT molecular complexity index is 372. The van der Waals surface area contributed by atoms with Crippen LogP contribution in [0.1, 0.15) is 12.2 Å². The Morgan fingerprint density at radius 3 is 2.65 bits per heavy atom. The van der Waals surface area contributed by atoms with Gasteiger partial charge in [0.05, 0.1) is 6.61 Å². The summed E-state index contributed by atoms with van der Waals surface area (Å²) in [6.45, 7) is -0.0754. The molecule has 6 nitrogen and oxygen atoms in total. The fraction of sp³-hybridized carbons (Fsp3) is 0.500. The van der Waals surface area contributed by atoms with Crippen LogP contribution in [0.25, 0.3) is 0 Å². The van der Waals surface area contributed by atoms with Gasteiger partial charge in [-0.3, -0.25) is 0 Å². The van der Waals surface area contributed by atoms with Crippen molar-refractivity contribution in [1.29, 1.82) is 0 Å². The number of hydrogen-bond donors (Lipinski definition) is 3. The molecule has 96 valence electrons. The van der Waals surface area contributed by atoms with Gasteiger partial charge in [0, 0.05) is 19.1 Å². The van der Waals surface area contributed by atoms with Crippen LogP contribution in [-0.4, -0.2) is 28.3 Å². The van der Waals surface area contributed by atoms with Gasteiger partial charge in [-0.05, 0) is 0 Å². The molecule has 0 aliphatic heterocycles. The lowest BCUT2D eigenvalue weighted by Gasteiger charge is -2.10. The predicted octanol–water partition coefficient (Wildman–Crippen LogP) is 0.542. The van der Waals surface area contributed by atoms with Crippen molar-refractivity contribution in [1.82, 2.24) is 9.97 Å². The minimum atomic E-state index is -4.68. The van der Waals surface area contributed by atoms with Crippen molar-refractivity contribution in [3.05, 3.63) is 11.9 Å². The van der Waals surface area contributed by atoms with E-state index in [1.807, 2.05) is 5.43 Å². The van der Waals surface area contributed by atoms with Crippen LogP contribution >= 0.6 is 0 Å². The van der Waals surface area contributed by atoms with Gasteiger partial charge in [0.15, 0.2) is 0 Å². The molecule has 0 aliphatic rings. The van der Waals surface area contributed by atoms with E-state index >= 15 is 0 Å². The van der Waals surface area contributed by atoms with Crippen molar-refractivity contribution in [2.45, 2.75) is 12.6 Å². The highest BCUT2D eigenvalue weighted by atomic mass is 19.4.